The second-order valence-electron chi connectivity index (χ2n) is 2.41. The predicted octanol–water partition coefficient (Wildman–Crippen LogP) is 3.17. The molecule has 0 radical (unpaired) electrons. The summed E-state index contributed by atoms with van der Waals surface area (Å²) in [6, 6.07) is 0. The molecular formula is C7H5BrF2N2S. The average molecular weight is 267 g/mol. The Morgan fingerprint density at radius 3 is 2.69 bits per heavy atom. The van der Waals surface area contributed by atoms with Gasteiger partial charge in [-0.2, -0.15) is 5.10 Å². The lowest BCUT2D eigenvalue weighted by atomic mass is 10.6. The molecule has 1 unspecified atom stereocenters. The quantitative estimate of drug-likeness (QED) is 0.752. The zero-order chi connectivity index (χ0) is 9.42. The van der Waals surface area contributed by atoms with Gasteiger partial charge in [0.1, 0.15) is 16.0 Å². The third-order valence-electron chi connectivity index (χ3n) is 1.54. The lowest BCUT2D eigenvalue weighted by Crippen LogP contribution is -1.79. The molecule has 1 atom stereocenters. The molecule has 70 valence electrons. The van der Waals surface area contributed by atoms with Crippen LogP contribution in [0, 0.1) is 0 Å². The molecule has 2 rings (SSSR count). The van der Waals surface area contributed by atoms with Crippen molar-refractivity contribution < 1.29 is 8.78 Å². The van der Waals surface area contributed by atoms with Gasteiger partial charge in [0.05, 0.1) is 4.47 Å². The van der Waals surface area contributed by atoms with Gasteiger partial charge in [0.15, 0.2) is 0 Å². The van der Waals surface area contributed by atoms with Crippen molar-refractivity contribution in [2.75, 3.05) is 0 Å². The number of aromatic nitrogens is 2. The minimum Gasteiger partial charge on any atom is -0.283 e. The summed E-state index contributed by atoms with van der Waals surface area (Å²) in [5, 5.41) is 7.75. The maximum atomic E-state index is 13.1. The van der Waals surface area contributed by atoms with Gasteiger partial charge >= 0.3 is 0 Å². The molecule has 1 aromatic rings. The monoisotopic (exact) mass is 266 g/mol. The van der Waals surface area contributed by atoms with Gasteiger partial charge in [0, 0.05) is 12.3 Å². The van der Waals surface area contributed by atoms with Crippen LogP contribution in [0.5, 0.6) is 0 Å². The molecule has 0 saturated heterocycles. The first kappa shape index (κ1) is 8.96. The van der Waals surface area contributed by atoms with Gasteiger partial charge in [-0.15, -0.1) is 10.9 Å². The topological polar surface area (TPSA) is 28.7 Å². The molecule has 0 aromatic carbocycles. The molecule has 0 amide bonds. The Labute approximate surface area is 84.2 Å². The Kier molecular flexibility index (Phi) is 2.25. The summed E-state index contributed by atoms with van der Waals surface area (Å²) < 4.78 is 26.4. The number of rotatable bonds is 1. The molecule has 0 aliphatic carbocycles. The number of hydrogen-bond donors (Lipinski definition) is 2. The van der Waals surface area contributed by atoms with Crippen molar-refractivity contribution in [2.24, 2.45) is 0 Å². The highest BCUT2D eigenvalue weighted by molar-refractivity contribution is 9.10. The second-order valence-corrected chi connectivity index (χ2v) is 5.11. The summed E-state index contributed by atoms with van der Waals surface area (Å²) in [6.45, 7) is 0. The summed E-state index contributed by atoms with van der Waals surface area (Å²) in [4.78, 5) is 0. The van der Waals surface area contributed by atoms with Crippen LogP contribution in [-0.4, -0.2) is 10.2 Å². The number of nitrogens with one attached hydrogen (secondary N) is 1. The fourth-order valence-corrected chi connectivity index (χ4v) is 3.26. The number of aromatic amines is 1. The second kappa shape index (κ2) is 3.26. The van der Waals surface area contributed by atoms with Gasteiger partial charge in [-0.1, -0.05) is 0 Å². The van der Waals surface area contributed by atoms with E-state index in [1.807, 2.05) is 0 Å². The van der Waals surface area contributed by atoms with Crippen LogP contribution in [0.15, 0.2) is 38.2 Å². The smallest absolute Gasteiger partial charge is 0.148 e. The fourth-order valence-electron chi connectivity index (χ4n) is 1.00. The molecule has 0 saturated carbocycles. The third kappa shape index (κ3) is 1.55. The van der Waals surface area contributed by atoms with Crippen molar-refractivity contribution in [1.82, 2.24) is 10.2 Å². The first-order chi connectivity index (χ1) is 6.18. The van der Waals surface area contributed by atoms with Crippen LogP contribution in [0.25, 0.3) is 0 Å². The van der Waals surface area contributed by atoms with Crippen LogP contribution in [0.4, 0.5) is 8.78 Å². The van der Waals surface area contributed by atoms with Crippen molar-refractivity contribution in [3.63, 3.8) is 0 Å². The van der Waals surface area contributed by atoms with Crippen LogP contribution in [-0.2, 0) is 0 Å². The Morgan fingerprint density at radius 1 is 1.46 bits per heavy atom. The van der Waals surface area contributed by atoms with E-state index in [0.29, 0.717) is 9.50 Å². The van der Waals surface area contributed by atoms with E-state index in [4.69, 9.17) is 0 Å². The lowest BCUT2D eigenvalue weighted by Gasteiger charge is -2.07. The van der Waals surface area contributed by atoms with E-state index in [1.54, 1.807) is 6.20 Å². The highest BCUT2D eigenvalue weighted by Crippen LogP contribution is 2.52. The number of thiol groups is 1. The van der Waals surface area contributed by atoms with E-state index in [-0.39, 0.29) is 0 Å². The maximum Gasteiger partial charge on any atom is 0.148 e. The molecule has 1 aromatic heterocycles. The molecule has 0 bridgehead atoms. The van der Waals surface area contributed by atoms with Gasteiger partial charge in [0.25, 0.3) is 0 Å². The van der Waals surface area contributed by atoms with E-state index in [0.717, 1.165) is 6.08 Å². The zero-order valence-electron chi connectivity index (χ0n) is 6.26. The zero-order valence-corrected chi connectivity index (χ0v) is 8.74. The third-order valence-corrected chi connectivity index (χ3v) is 4.35. The molecule has 1 aliphatic heterocycles. The molecular weight excluding hydrogens is 262 g/mol. The number of allylic oxidation sites excluding steroid dienone is 2. The molecule has 0 spiro atoms. The largest absolute Gasteiger partial charge is 0.283 e. The Bertz CT molecular complexity index is 399. The van der Waals surface area contributed by atoms with Gasteiger partial charge in [-0.3, -0.25) is 5.10 Å². The van der Waals surface area contributed by atoms with Crippen LogP contribution in [0.3, 0.4) is 0 Å². The lowest BCUT2D eigenvalue weighted by molar-refractivity contribution is 0.653. The van der Waals surface area contributed by atoms with Gasteiger partial charge < -0.3 is 0 Å². The van der Waals surface area contributed by atoms with Crippen LogP contribution < -0.4 is 0 Å². The molecule has 13 heavy (non-hydrogen) atoms. The van der Waals surface area contributed by atoms with E-state index < -0.39 is 21.9 Å². The number of nitrogens with zero attached hydrogens (tertiary/aromatic N) is 1. The summed E-state index contributed by atoms with van der Waals surface area (Å²) in [5.41, 5.74) is 0. The Hall–Kier alpha value is -0.620. The summed E-state index contributed by atoms with van der Waals surface area (Å²) in [6.07, 6.45) is 2.49. The van der Waals surface area contributed by atoms with Crippen LogP contribution in [0.1, 0.15) is 0 Å². The van der Waals surface area contributed by atoms with Gasteiger partial charge in [-0.05, 0) is 21.3 Å². The van der Waals surface area contributed by atoms with Crippen LogP contribution >= 0.6 is 26.8 Å². The van der Waals surface area contributed by atoms with Crippen molar-refractivity contribution in [1.29, 1.82) is 0 Å². The fraction of sp³-hybridized carbons (Fsp3) is 0. The van der Waals surface area contributed by atoms with Crippen molar-refractivity contribution >= 4 is 26.8 Å². The molecule has 6 heteroatoms. The first-order valence-corrected chi connectivity index (χ1v) is 5.62. The molecule has 2 heterocycles. The highest BCUT2D eigenvalue weighted by Gasteiger charge is 2.21. The summed E-state index contributed by atoms with van der Waals surface area (Å²) in [7, 11) is -1.36. The number of H-pyrrole nitrogens is 1. The van der Waals surface area contributed by atoms with Gasteiger partial charge in [-0.25, -0.2) is 8.78 Å². The van der Waals surface area contributed by atoms with Crippen molar-refractivity contribution in [3.8, 4) is 0 Å². The number of halogens is 3. The highest BCUT2D eigenvalue weighted by atomic mass is 79.9. The van der Waals surface area contributed by atoms with Crippen LogP contribution in [0.2, 0.25) is 0 Å². The minimum atomic E-state index is -1.36. The minimum absolute atomic E-state index is 0.458. The summed E-state index contributed by atoms with van der Waals surface area (Å²) in [5.74, 6) is -0.529. The maximum absolute atomic E-state index is 13.1. The molecule has 2 nitrogen and oxygen atoms in total. The predicted molar refractivity (Wildman–Crippen MR) is 51.9 cm³/mol. The van der Waals surface area contributed by atoms with E-state index in [1.165, 1.54) is 5.41 Å². The summed E-state index contributed by atoms with van der Waals surface area (Å²) >= 11 is 3.20. The Balaban J connectivity index is 2.40. The molecule has 1 aliphatic rings. The van der Waals surface area contributed by atoms with Gasteiger partial charge in [0.2, 0.25) is 0 Å². The molecule has 1 N–H and O–H groups in total. The SMILES string of the molecule is FC1=C[SH](c2n[nH]cc2Br)C(F)=C1. The Morgan fingerprint density at radius 2 is 2.23 bits per heavy atom. The van der Waals surface area contributed by atoms with E-state index >= 15 is 0 Å². The molecule has 0 fully saturated rings. The number of hydrogen-bond acceptors (Lipinski definition) is 1. The first-order valence-electron chi connectivity index (χ1n) is 3.41. The normalized spacial score (nSPS) is 24.4. The van der Waals surface area contributed by atoms with Crippen molar-refractivity contribution in [2.45, 2.75) is 5.03 Å². The van der Waals surface area contributed by atoms with E-state index in [2.05, 4.69) is 26.1 Å². The van der Waals surface area contributed by atoms with E-state index in [9.17, 15) is 8.78 Å². The average Bonchev–Trinajstić information content (AvgIpc) is 2.58. The standard InChI is InChI=1S/C7H5BrF2N2S/c8-5-2-11-12-7(5)13-3-4(9)1-6(13)10/h1-3,13H,(H,11,12). The van der Waals surface area contributed by atoms with Crippen molar-refractivity contribution in [3.05, 3.63) is 33.1 Å².